The summed E-state index contributed by atoms with van der Waals surface area (Å²) in [7, 11) is 0. The van der Waals surface area contributed by atoms with Gasteiger partial charge in [-0.1, -0.05) is 103 Å². The molecule has 1 fully saturated rings. The number of rotatable bonds is 18. The largest absolute Gasteiger partial charge is 0.394 e. The average Bonchev–Trinajstić information content (AvgIpc) is 2.74. The van der Waals surface area contributed by atoms with Gasteiger partial charge in [-0.25, -0.2) is 0 Å². The third-order valence-corrected chi connectivity index (χ3v) is 6.44. The van der Waals surface area contributed by atoms with Gasteiger partial charge in [-0.15, -0.1) is 0 Å². The Kier molecular flexibility index (Phi) is 15.2. The first-order valence-electron chi connectivity index (χ1n) is 12.5. The topological polar surface area (TPSA) is 110 Å². The van der Waals surface area contributed by atoms with Crippen molar-refractivity contribution < 1.29 is 30.3 Å². The minimum absolute atomic E-state index is 0.174. The Morgan fingerprint density at radius 1 is 0.633 bits per heavy atom. The van der Waals surface area contributed by atoms with E-state index in [1.54, 1.807) is 0 Å². The molecule has 0 aliphatic carbocycles. The van der Waals surface area contributed by atoms with E-state index in [1.165, 1.54) is 83.5 Å². The molecule has 30 heavy (non-hydrogen) atoms. The first kappa shape index (κ1) is 27.8. The quantitative estimate of drug-likeness (QED) is 0.211. The smallest absolute Gasteiger partial charge is 0.195 e. The van der Waals surface area contributed by atoms with Gasteiger partial charge < -0.3 is 30.3 Å². The molecule has 6 nitrogen and oxygen atoms in total. The van der Waals surface area contributed by atoms with Gasteiger partial charge in [-0.2, -0.15) is 0 Å². The summed E-state index contributed by atoms with van der Waals surface area (Å²) in [6.07, 6.45) is 14.6. The third-order valence-electron chi connectivity index (χ3n) is 6.44. The Balaban J connectivity index is 1.96. The first-order chi connectivity index (χ1) is 14.5. The Bertz CT molecular complexity index is 405. The van der Waals surface area contributed by atoms with E-state index in [0.717, 1.165) is 12.8 Å². The molecule has 1 saturated heterocycles. The molecular weight excluding hydrogens is 384 g/mol. The van der Waals surface area contributed by atoms with Crippen LogP contribution in [0.15, 0.2) is 0 Å². The maximum atomic E-state index is 10.5. The van der Waals surface area contributed by atoms with E-state index in [2.05, 4.69) is 6.92 Å². The molecule has 1 aliphatic heterocycles. The zero-order valence-electron chi connectivity index (χ0n) is 19.2. The Morgan fingerprint density at radius 2 is 1.03 bits per heavy atom. The van der Waals surface area contributed by atoms with Gasteiger partial charge in [0.15, 0.2) is 5.79 Å². The highest BCUT2D eigenvalue weighted by atomic mass is 16.7. The normalized spacial score (nSPS) is 29.4. The summed E-state index contributed by atoms with van der Waals surface area (Å²) in [5, 5.41) is 49.4. The van der Waals surface area contributed by atoms with Crippen LogP contribution in [0.1, 0.15) is 116 Å². The maximum absolute atomic E-state index is 10.5. The molecule has 5 N–H and O–H groups in total. The third kappa shape index (κ3) is 10.4. The van der Waals surface area contributed by atoms with E-state index >= 15 is 0 Å². The Labute approximate surface area is 183 Å². The standard InChI is InChI=1S/C24H48O6/c1-2-3-4-5-6-7-8-9-10-11-12-13-14-15-16-17-18-24(29)23(28)22(27)21(26)20(19-25)30-24/h20-23,25-29H,2-19H2,1H3/t20-,21-,22+,23-,24+/m1/s1. The number of unbranched alkanes of at least 4 members (excludes halogenated alkanes) is 15. The van der Waals surface area contributed by atoms with Crippen LogP contribution in [0.4, 0.5) is 0 Å². The fraction of sp³-hybridized carbons (Fsp3) is 1.00. The van der Waals surface area contributed by atoms with Gasteiger partial charge in [-0.3, -0.25) is 0 Å². The van der Waals surface area contributed by atoms with Gasteiger partial charge >= 0.3 is 0 Å². The van der Waals surface area contributed by atoms with Crippen LogP contribution in [-0.2, 0) is 4.74 Å². The lowest BCUT2D eigenvalue weighted by Crippen LogP contribution is -2.65. The maximum Gasteiger partial charge on any atom is 0.195 e. The number of hydrogen-bond donors (Lipinski definition) is 5. The van der Waals surface area contributed by atoms with Crippen molar-refractivity contribution in [2.75, 3.05) is 6.61 Å². The highest BCUT2D eigenvalue weighted by Gasteiger charge is 2.51. The van der Waals surface area contributed by atoms with Crippen LogP contribution in [0, 0.1) is 0 Å². The summed E-state index contributed by atoms with van der Waals surface area (Å²) in [5.41, 5.74) is 0. The molecule has 1 aliphatic rings. The predicted molar refractivity (Wildman–Crippen MR) is 119 cm³/mol. The van der Waals surface area contributed by atoms with Crippen LogP contribution >= 0.6 is 0 Å². The molecule has 180 valence electrons. The van der Waals surface area contributed by atoms with E-state index < -0.39 is 36.8 Å². The van der Waals surface area contributed by atoms with Crippen molar-refractivity contribution in [2.45, 2.75) is 146 Å². The van der Waals surface area contributed by atoms with Crippen LogP contribution in [0.5, 0.6) is 0 Å². The van der Waals surface area contributed by atoms with Crippen LogP contribution in [0.2, 0.25) is 0 Å². The fourth-order valence-corrected chi connectivity index (χ4v) is 4.35. The molecule has 0 amide bonds. The van der Waals surface area contributed by atoms with Crippen molar-refractivity contribution in [3.63, 3.8) is 0 Å². The summed E-state index contributed by atoms with van der Waals surface area (Å²) in [4.78, 5) is 0. The summed E-state index contributed by atoms with van der Waals surface area (Å²) in [6, 6.07) is 0. The van der Waals surface area contributed by atoms with Crippen LogP contribution in [-0.4, -0.2) is 62.3 Å². The van der Waals surface area contributed by atoms with Gasteiger partial charge in [0, 0.05) is 6.42 Å². The molecule has 0 aromatic carbocycles. The van der Waals surface area contributed by atoms with E-state index in [9.17, 15) is 25.5 Å². The average molecular weight is 433 g/mol. The molecule has 0 aromatic rings. The molecular formula is C24H48O6. The zero-order chi connectivity index (χ0) is 22.2. The predicted octanol–water partition coefficient (Wildman–Crippen LogP) is 3.80. The van der Waals surface area contributed by atoms with Gasteiger partial charge in [0.1, 0.15) is 24.4 Å². The summed E-state index contributed by atoms with van der Waals surface area (Å²) in [5.74, 6) is -1.91. The summed E-state index contributed by atoms with van der Waals surface area (Å²) in [6.45, 7) is 1.74. The van der Waals surface area contributed by atoms with Crippen molar-refractivity contribution in [1.29, 1.82) is 0 Å². The molecule has 0 spiro atoms. The molecule has 1 heterocycles. The highest BCUT2D eigenvalue weighted by Crippen LogP contribution is 2.32. The number of ether oxygens (including phenoxy) is 1. The van der Waals surface area contributed by atoms with Gasteiger partial charge in [0.25, 0.3) is 0 Å². The van der Waals surface area contributed by atoms with Crippen molar-refractivity contribution in [3.05, 3.63) is 0 Å². The second-order valence-corrected chi connectivity index (χ2v) is 9.16. The first-order valence-corrected chi connectivity index (χ1v) is 12.5. The van der Waals surface area contributed by atoms with Gasteiger partial charge in [-0.05, 0) is 6.42 Å². The van der Waals surface area contributed by atoms with Crippen LogP contribution in [0.25, 0.3) is 0 Å². The zero-order valence-corrected chi connectivity index (χ0v) is 19.2. The molecule has 0 aromatic heterocycles. The number of aliphatic hydroxyl groups is 5. The highest BCUT2D eigenvalue weighted by molar-refractivity contribution is 4.95. The van der Waals surface area contributed by atoms with E-state index in [0.29, 0.717) is 6.42 Å². The number of aliphatic hydroxyl groups excluding tert-OH is 4. The molecule has 0 bridgehead atoms. The second-order valence-electron chi connectivity index (χ2n) is 9.16. The van der Waals surface area contributed by atoms with Crippen LogP contribution < -0.4 is 0 Å². The molecule has 0 unspecified atom stereocenters. The second kappa shape index (κ2) is 16.4. The lowest BCUT2D eigenvalue weighted by molar-refractivity contribution is -0.351. The summed E-state index contributed by atoms with van der Waals surface area (Å²) < 4.78 is 5.29. The lowest BCUT2D eigenvalue weighted by Gasteiger charge is -2.45. The van der Waals surface area contributed by atoms with E-state index in [4.69, 9.17) is 4.74 Å². The van der Waals surface area contributed by atoms with Crippen LogP contribution in [0.3, 0.4) is 0 Å². The van der Waals surface area contributed by atoms with Crippen molar-refractivity contribution in [3.8, 4) is 0 Å². The van der Waals surface area contributed by atoms with Crippen molar-refractivity contribution in [2.24, 2.45) is 0 Å². The molecule has 0 saturated carbocycles. The van der Waals surface area contributed by atoms with Gasteiger partial charge in [0.05, 0.1) is 6.61 Å². The minimum Gasteiger partial charge on any atom is -0.394 e. The SMILES string of the molecule is CCCCCCCCCCCCCCCCCC[C@]1(O)O[C@H](CO)[C@@H](O)[C@H](O)[C@H]1O. The monoisotopic (exact) mass is 432 g/mol. The molecule has 0 radical (unpaired) electrons. The van der Waals surface area contributed by atoms with Gasteiger partial charge in [0.2, 0.25) is 0 Å². The molecule has 6 heteroatoms. The lowest BCUT2D eigenvalue weighted by atomic mass is 9.89. The Morgan fingerprint density at radius 3 is 1.43 bits per heavy atom. The Hall–Kier alpha value is -0.240. The molecule has 5 atom stereocenters. The minimum atomic E-state index is -1.91. The number of hydrogen-bond acceptors (Lipinski definition) is 6. The van der Waals surface area contributed by atoms with E-state index in [-0.39, 0.29) is 6.42 Å². The van der Waals surface area contributed by atoms with Crippen molar-refractivity contribution >= 4 is 0 Å². The molecule has 1 rings (SSSR count). The van der Waals surface area contributed by atoms with E-state index in [1.807, 2.05) is 0 Å². The summed E-state index contributed by atoms with van der Waals surface area (Å²) >= 11 is 0. The van der Waals surface area contributed by atoms with Crippen molar-refractivity contribution in [1.82, 2.24) is 0 Å². The fourth-order valence-electron chi connectivity index (χ4n) is 4.35.